The van der Waals surface area contributed by atoms with Crippen molar-refractivity contribution in [1.29, 1.82) is 5.26 Å². The monoisotopic (exact) mass is 261 g/mol. The first-order chi connectivity index (χ1) is 8.74. The summed E-state index contributed by atoms with van der Waals surface area (Å²) in [5.74, 6) is 0.189. The molecule has 0 atom stereocenters. The van der Waals surface area contributed by atoms with E-state index < -0.39 is 5.82 Å². The van der Waals surface area contributed by atoms with Crippen molar-refractivity contribution < 1.29 is 9.13 Å². The minimum atomic E-state index is -0.476. The van der Waals surface area contributed by atoms with Gasteiger partial charge in [-0.05, 0) is 24.3 Å². The highest BCUT2D eigenvalue weighted by Crippen LogP contribution is 2.29. The lowest BCUT2D eigenvalue weighted by Gasteiger charge is -2.10. The Morgan fingerprint density at radius 2 is 2.00 bits per heavy atom. The Kier molecular flexibility index (Phi) is 3.81. The van der Waals surface area contributed by atoms with Crippen LogP contribution in [0.2, 0.25) is 0 Å². The van der Waals surface area contributed by atoms with E-state index >= 15 is 0 Å². The van der Waals surface area contributed by atoms with E-state index in [4.69, 9.17) is 21.6 Å². The average molecular weight is 262 g/mol. The van der Waals surface area contributed by atoms with Gasteiger partial charge in [0.05, 0.1) is 17.5 Å². The van der Waals surface area contributed by atoms with Crippen LogP contribution in [0.4, 0.5) is 4.39 Å². The van der Waals surface area contributed by atoms with Gasteiger partial charge in [0.15, 0.2) is 11.6 Å². The van der Waals surface area contributed by atoms with Gasteiger partial charge < -0.3 is 4.74 Å². The molecule has 0 N–H and O–H groups in total. The third-order valence-electron chi connectivity index (χ3n) is 2.38. The fraction of sp³-hybridized carbons (Fsp3) is 0.0714. The first-order valence-corrected chi connectivity index (χ1v) is 5.79. The molecule has 0 saturated carbocycles. The fourth-order valence-corrected chi connectivity index (χ4v) is 1.73. The highest BCUT2D eigenvalue weighted by molar-refractivity contribution is 6.17. The Labute approximate surface area is 109 Å². The Balaban J connectivity index is 2.37. The maximum atomic E-state index is 13.7. The Hall–Kier alpha value is -2.05. The van der Waals surface area contributed by atoms with Gasteiger partial charge in [-0.25, -0.2) is 4.39 Å². The molecular formula is C14H9ClFNO. The van der Waals surface area contributed by atoms with E-state index in [1.165, 1.54) is 6.07 Å². The molecular weight excluding hydrogens is 253 g/mol. The number of ether oxygens (including phenoxy) is 1. The molecule has 2 aromatic carbocycles. The number of hydrogen-bond donors (Lipinski definition) is 0. The van der Waals surface area contributed by atoms with Gasteiger partial charge in [-0.3, -0.25) is 0 Å². The van der Waals surface area contributed by atoms with Crippen molar-refractivity contribution >= 4 is 11.6 Å². The quantitative estimate of drug-likeness (QED) is 0.775. The van der Waals surface area contributed by atoms with Gasteiger partial charge in [0, 0.05) is 5.56 Å². The molecule has 0 aliphatic rings. The lowest BCUT2D eigenvalue weighted by molar-refractivity contribution is 0.438. The summed E-state index contributed by atoms with van der Waals surface area (Å²) in [4.78, 5) is 0. The number of nitriles is 1. The van der Waals surface area contributed by atoms with Crippen LogP contribution in [-0.2, 0) is 5.88 Å². The highest BCUT2D eigenvalue weighted by atomic mass is 35.5. The normalized spacial score (nSPS) is 9.83. The van der Waals surface area contributed by atoms with Crippen LogP contribution in [0.15, 0.2) is 42.5 Å². The number of halogens is 2. The van der Waals surface area contributed by atoms with E-state index in [0.717, 1.165) is 0 Å². The standard InChI is InChI=1S/C14H9ClFNO/c15-8-11-4-2-6-13(16)14(11)18-12-5-1-3-10(7-12)9-17/h1-7H,8H2. The van der Waals surface area contributed by atoms with Gasteiger partial charge in [0.25, 0.3) is 0 Å². The van der Waals surface area contributed by atoms with E-state index in [0.29, 0.717) is 16.9 Å². The van der Waals surface area contributed by atoms with Gasteiger partial charge in [-0.2, -0.15) is 5.26 Å². The van der Waals surface area contributed by atoms with Crippen molar-refractivity contribution in [2.24, 2.45) is 0 Å². The van der Waals surface area contributed by atoms with E-state index in [1.807, 2.05) is 6.07 Å². The molecule has 0 aliphatic carbocycles. The highest BCUT2D eigenvalue weighted by Gasteiger charge is 2.10. The summed E-state index contributed by atoms with van der Waals surface area (Å²) in [7, 11) is 0. The zero-order valence-corrected chi connectivity index (χ0v) is 10.1. The number of para-hydroxylation sites is 1. The summed E-state index contributed by atoms with van der Waals surface area (Å²) < 4.78 is 19.1. The first-order valence-electron chi connectivity index (χ1n) is 5.26. The van der Waals surface area contributed by atoms with Crippen molar-refractivity contribution in [3.8, 4) is 17.6 Å². The van der Waals surface area contributed by atoms with Crippen LogP contribution < -0.4 is 4.74 Å². The fourth-order valence-electron chi connectivity index (χ4n) is 1.52. The average Bonchev–Trinajstić information content (AvgIpc) is 2.41. The molecule has 0 radical (unpaired) electrons. The van der Waals surface area contributed by atoms with E-state index in [2.05, 4.69) is 0 Å². The molecule has 0 amide bonds. The molecule has 2 aromatic rings. The molecule has 2 nitrogen and oxygen atoms in total. The third-order valence-corrected chi connectivity index (χ3v) is 2.66. The summed E-state index contributed by atoms with van der Waals surface area (Å²) in [6, 6.07) is 13.1. The molecule has 0 fully saturated rings. The van der Waals surface area contributed by atoms with Crippen molar-refractivity contribution in [2.45, 2.75) is 5.88 Å². The van der Waals surface area contributed by atoms with Crippen LogP contribution >= 0.6 is 11.6 Å². The predicted octanol–water partition coefficient (Wildman–Crippen LogP) is 4.23. The van der Waals surface area contributed by atoms with Crippen molar-refractivity contribution in [3.05, 3.63) is 59.4 Å². The number of nitrogens with zero attached hydrogens (tertiary/aromatic N) is 1. The minimum Gasteiger partial charge on any atom is -0.454 e. The minimum absolute atomic E-state index is 0.0996. The Bertz CT molecular complexity index is 607. The molecule has 0 heterocycles. The zero-order chi connectivity index (χ0) is 13.0. The Morgan fingerprint density at radius 3 is 2.72 bits per heavy atom. The molecule has 0 aromatic heterocycles. The van der Waals surface area contributed by atoms with Crippen LogP contribution in [0.1, 0.15) is 11.1 Å². The van der Waals surface area contributed by atoms with Gasteiger partial charge in [0.1, 0.15) is 5.75 Å². The molecule has 0 spiro atoms. The number of benzene rings is 2. The summed E-state index contributed by atoms with van der Waals surface area (Å²) >= 11 is 5.73. The van der Waals surface area contributed by atoms with Crippen LogP contribution in [0.3, 0.4) is 0 Å². The SMILES string of the molecule is N#Cc1cccc(Oc2c(F)cccc2CCl)c1. The maximum absolute atomic E-state index is 13.7. The molecule has 0 bridgehead atoms. The van der Waals surface area contributed by atoms with E-state index in [9.17, 15) is 4.39 Å². The molecule has 2 rings (SSSR count). The van der Waals surface area contributed by atoms with Gasteiger partial charge >= 0.3 is 0 Å². The Morgan fingerprint density at radius 1 is 1.22 bits per heavy atom. The second kappa shape index (κ2) is 5.52. The lowest BCUT2D eigenvalue weighted by Crippen LogP contribution is -1.93. The molecule has 0 unspecified atom stereocenters. The lowest BCUT2D eigenvalue weighted by atomic mass is 10.2. The molecule has 90 valence electrons. The van der Waals surface area contributed by atoms with Crippen LogP contribution in [0.25, 0.3) is 0 Å². The predicted molar refractivity (Wildman–Crippen MR) is 67.2 cm³/mol. The van der Waals surface area contributed by atoms with Gasteiger partial charge in [-0.1, -0.05) is 18.2 Å². The third kappa shape index (κ3) is 2.61. The van der Waals surface area contributed by atoms with Crippen LogP contribution in [0.5, 0.6) is 11.5 Å². The smallest absolute Gasteiger partial charge is 0.167 e. The first kappa shape index (κ1) is 12.4. The molecule has 0 aliphatic heterocycles. The second-order valence-electron chi connectivity index (χ2n) is 3.60. The maximum Gasteiger partial charge on any atom is 0.167 e. The number of hydrogen-bond acceptors (Lipinski definition) is 2. The largest absolute Gasteiger partial charge is 0.454 e. The topological polar surface area (TPSA) is 33.0 Å². The summed E-state index contributed by atoms with van der Waals surface area (Å²) in [5.41, 5.74) is 1.02. The molecule has 0 saturated heterocycles. The van der Waals surface area contributed by atoms with Gasteiger partial charge in [0.2, 0.25) is 0 Å². The van der Waals surface area contributed by atoms with Crippen molar-refractivity contribution in [3.63, 3.8) is 0 Å². The summed E-state index contributed by atoms with van der Waals surface area (Å²) in [5, 5.41) is 8.78. The van der Waals surface area contributed by atoms with Gasteiger partial charge in [-0.15, -0.1) is 11.6 Å². The summed E-state index contributed by atoms with van der Waals surface area (Å²) in [6.07, 6.45) is 0. The summed E-state index contributed by atoms with van der Waals surface area (Å²) in [6.45, 7) is 0. The van der Waals surface area contributed by atoms with Crippen LogP contribution in [0, 0.1) is 17.1 Å². The second-order valence-corrected chi connectivity index (χ2v) is 3.87. The van der Waals surface area contributed by atoms with E-state index in [1.54, 1.807) is 36.4 Å². The van der Waals surface area contributed by atoms with Crippen LogP contribution in [-0.4, -0.2) is 0 Å². The zero-order valence-electron chi connectivity index (χ0n) is 9.36. The van der Waals surface area contributed by atoms with E-state index in [-0.39, 0.29) is 11.6 Å². The van der Waals surface area contributed by atoms with Crippen molar-refractivity contribution in [2.75, 3.05) is 0 Å². The number of alkyl halides is 1. The molecule has 4 heteroatoms. The van der Waals surface area contributed by atoms with Crippen molar-refractivity contribution in [1.82, 2.24) is 0 Å². The molecule has 18 heavy (non-hydrogen) atoms. The number of rotatable bonds is 3.